The highest BCUT2D eigenvalue weighted by atomic mass is 31.2. The zero-order valence-corrected chi connectivity index (χ0v) is 26.2. The van der Waals surface area contributed by atoms with Crippen LogP contribution in [-0.4, -0.2) is 90.9 Å². The number of amides is 4. The Labute approximate surface area is 267 Å². The van der Waals surface area contributed by atoms with Gasteiger partial charge in [0.25, 0.3) is 5.91 Å². The van der Waals surface area contributed by atoms with Gasteiger partial charge in [-0.05, 0) is 67.1 Å². The standard InChI is InChI=1S/C31H33F3N5O7P/c1-17(40)37-11-9-23-5-7-27(30(43)38-10-8-18-13-22(32)4-2-19(18)15-38)39(23)29(42)26(16-37)36-28(41)25-14-20-12-21(3-6-24(20)35-25)31(33,34)47(44,45)46/h2-4,6,12-14,23,26-27,35H,5,7-11,15-16H2,1H3,(H,36,41)(H2,44,45,46)/t23-,26+,27+/m1/s1. The maximum absolute atomic E-state index is 14.3. The second kappa shape index (κ2) is 12.1. The van der Waals surface area contributed by atoms with E-state index in [1.165, 1.54) is 34.9 Å². The lowest BCUT2D eigenvalue weighted by atomic mass is 9.98. The van der Waals surface area contributed by atoms with Crippen molar-refractivity contribution in [2.45, 2.75) is 62.9 Å². The number of halogens is 3. The number of rotatable bonds is 5. The number of carbonyl (C=O) groups is 4. The van der Waals surface area contributed by atoms with E-state index < -0.39 is 42.7 Å². The van der Waals surface area contributed by atoms with E-state index in [1.807, 2.05) is 0 Å². The van der Waals surface area contributed by atoms with Crippen LogP contribution >= 0.6 is 7.60 Å². The Morgan fingerprint density at radius 2 is 1.77 bits per heavy atom. The van der Waals surface area contributed by atoms with Gasteiger partial charge in [0.1, 0.15) is 23.6 Å². The molecule has 3 aliphatic rings. The van der Waals surface area contributed by atoms with E-state index in [-0.39, 0.29) is 53.4 Å². The first-order chi connectivity index (χ1) is 22.1. The molecule has 6 rings (SSSR count). The molecule has 2 fully saturated rings. The van der Waals surface area contributed by atoms with E-state index >= 15 is 0 Å². The minimum atomic E-state index is -5.82. The van der Waals surface area contributed by atoms with Crippen LogP contribution in [0.15, 0.2) is 42.5 Å². The Morgan fingerprint density at radius 3 is 2.49 bits per heavy atom. The molecular weight excluding hydrogens is 642 g/mol. The number of aromatic nitrogens is 1. The SMILES string of the molecule is CC(=O)N1CC[C@H]2CC[C@@H](C(=O)N3CCc4cc(F)ccc4C3)N2C(=O)[C@@H](NC(=O)c2cc3cc(C(F)(F)P(=O)(O)O)ccc3[nH]2)C1. The molecule has 250 valence electrons. The number of nitrogens with one attached hydrogen (secondary N) is 2. The molecule has 3 atom stereocenters. The van der Waals surface area contributed by atoms with Gasteiger partial charge in [-0.2, -0.15) is 8.78 Å². The Kier molecular flexibility index (Phi) is 8.43. The summed E-state index contributed by atoms with van der Waals surface area (Å²) >= 11 is 0. The summed E-state index contributed by atoms with van der Waals surface area (Å²) in [5, 5.41) is 2.72. The second-order valence-corrected chi connectivity index (χ2v) is 13.9. The summed E-state index contributed by atoms with van der Waals surface area (Å²) in [4.78, 5) is 79.5. The molecule has 4 N–H and O–H groups in total. The van der Waals surface area contributed by atoms with Crippen molar-refractivity contribution < 1.29 is 46.7 Å². The maximum Gasteiger partial charge on any atom is 0.399 e. The lowest BCUT2D eigenvalue weighted by molar-refractivity contribution is -0.149. The van der Waals surface area contributed by atoms with Crippen LogP contribution in [0.1, 0.15) is 53.4 Å². The van der Waals surface area contributed by atoms with Gasteiger partial charge in [0.05, 0.1) is 0 Å². The molecule has 0 spiro atoms. The van der Waals surface area contributed by atoms with Crippen molar-refractivity contribution in [3.8, 4) is 0 Å². The number of nitrogens with zero attached hydrogens (tertiary/aromatic N) is 3. The van der Waals surface area contributed by atoms with Crippen LogP contribution in [0.5, 0.6) is 0 Å². The molecule has 16 heteroatoms. The molecule has 12 nitrogen and oxygen atoms in total. The number of benzene rings is 2. The first-order valence-electron chi connectivity index (χ1n) is 15.2. The van der Waals surface area contributed by atoms with Crippen molar-refractivity contribution in [2.75, 3.05) is 19.6 Å². The molecule has 3 aromatic rings. The quantitative estimate of drug-likeness (QED) is 0.302. The molecule has 1 aromatic heterocycles. The third-order valence-corrected chi connectivity index (χ3v) is 10.3. The molecule has 4 heterocycles. The van der Waals surface area contributed by atoms with Gasteiger partial charge >= 0.3 is 13.3 Å². The van der Waals surface area contributed by atoms with E-state index in [1.54, 1.807) is 11.0 Å². The monoisotopic (exact) mass is 675 g/mol. The second-order valence-electron chi connectivity index (χ2n) is 12.3. The normalized spacial score (nSPS) is 22.0. The van der Waals surface area contributed by atoms with Crippen LogP contribution in [0, 0.1) is 5.82 Å². The van der Waals surface area contributed by atoms with Gasteiger partial charge in [0, 0.05) is 55.6 Å². The topological polar surface area (TPSA) is 163 Å². The number of H-pyrrole nitrogens is 1. The van der Waals surface area contributed by atoms with Crippen molar-refractivity contribution in [2.24, 2.45) is 0 Å². The van der Waals surface area contributed by atoms with Gasteiger partial charge in [0.2, 0.25) is 17.7 Å². The molecule has 47 heavy (non-hydrogen) atoms. The zero-order chi connectivity index (χ0) is 33.8. The Bertz CT molecular complexity index is 1830. The number of aromatic amines is 1. The highest BCUT2D eigenvalue weighted by molar-refractivity contribution is 7.52. The van der Waals surface area contributed by atoms with Crippen molar-refractivity contribution in [1.82, 2.24) is 25.0 Å². The van der Waals surface area contributed by atoms with E-state index in [9.17, 15) is 36.9 Å². The first-order valence-corrected chi connectivity index (χ1v) is 16.8. The summed E-state index contributed by atoms with van der Waals surface area (Å²) in [6.07, 6.45) is 1.83. The molecule has 2 aromatic carbocycles. The van der Waals surface area contributed by atoms with Crippen molar-refractivity contribution >= 4 is 42.1 Å². The van der Waals surface area contributed by atoms with Gasteiger partial charge in [0.15, 0.2) is 0 Å². The van der Waals surface area contributed by atoms with E-state index in [0.717, 1.165) is 29.3 Å². The Balaban J connectivity index is 1.24. The van der Waals surface area contributed by atoms with Crippen LogP contribution < -0.4 is 5.32 Å². The molecule has 0 aliphatic carbocycles. The van der Waals surface area contributed by atoms with Crippen LogP contribution in [0.2, 0.25) is 0 Å². The smallest absolute Gasteiger partial charge is 0.351 e. The highest BCUT2D eigenvalue weighted by Gasteiger charge is 2.50. The molecule has 4 amide bonds. The molecule has 0 saturated carbocycles. The lowest BCUT2D eigenvalue weighted by Crippen LogP contribution is -2.61. The predicted molar refractivity (Wildman–Crippen MR) is 162 cm³/mol. The van der Waals surface area contributed by atoms with Crippen LogP contribution in [-0.2, 0) is 37.6 Å². The molecular formula is C31H33F3N5O7P. The molecule has 0 radical (unpaired) electrons. The zero-order valence-electron chi connectivity index (χ0n) is 25.3. The van der Waals surface area contributed by atoms with E-state index in [0.29, 0.717) is 38.8 Å². The largest absolute Gasteiger partial charge is 0.399 e. The fraction of sp³-hybridized carbons (Fsp3) is 0.419. The average Bonchev–Trinajstić information content (AvgIpc) is 3.64. The van der Waals surface area contributed by atoms with Crippen molar-refractivity contribution in [3.63, 3.8) is 0 Å². The van der Waals surface area contributed by atoms with Crippen molar-refractivity contribution in [3.05, 3.63) is 70.7 Å². The van der Waals surface area contributed by atoms with Crippen molar-refractivity contribution in [1.29, 1.82) is 0 Å². The molecule has 2 saturated heterocycles. The number of fused-ring (bicyclic) bond motifs is 3. The summed E-state index contributed by atoms with van der Waals surface area (Å²) < 4.78 is 53.7. The maximum atomic E-state index is 14.3. The van der Waals surface area contributed by atoms with E-state index in [4.69, 9.17) is 9.79 Å². The lowest BCUT2D eigenvalue weighted by Gasteiger charge is -2.40. The minimum Gasteiger partial charge on any atom is -0.351 e. The van der Waals surface area contributed by atoms with Crippen LogP contribution in [0.3, 0.4) is 0 Å². The van der Waals surface area contributed by atoms with Gasteiger partial charge in [-0.25, -0.2) is 4.39 Å². The molecule has 0 bridgehead atoms. The molecule has 0 unspecified atom stereocenters. The Hall–Kier alpha value is -4.20. The molecule has 3 aliphatic heterocycles. The van der Waals surface area contributed by atoms with E-state index in [2.05, 4.69) is 10.3 Å². The number of hydrogen-bond acceptors (Lipinski definition) is 5. The van der Waals surface area contributed by atoms with Gasteiger partial charge in [-0.3, -0.25) is 23.7 Å². The summed E-state index contributed by atoms with van der Waals surface area (Å²) in [5.41, 5.74) is -3.61. The number of carbonyl (C=O) groups excluding carboxylic acids is 4. The first kappa shape index (κ1) is 32.7. The third kappa shape index (κ3) is 6.15. The minimum absolute atomic E-state index is 0.0752. The number of alkyl halides is 2. The summed E-state index contributed by atoms with van der Waals surface area (Å²) in [5.74, 6) is -2.22. The number of hydrogen-bond donors (Lipinski definition) is 4. The highest BCUT2D eigenvalue weighted by Crippen LogP contribution is 2.59. The van der Waals surface area contributed by atoms with Crippen LogP contribution in [0.25, 0.3) is 10.9 Å². The third-order valence-electron chi connectivity index (χ3n) is 9.30. The van der Waals surface area contributed by atoms with Gasteiger partial charge in [-0.15, -0.1) is 0 Å². The van der Waals surface area contributed by atoms with Crippen LogP contribution in [0.4, 0.5) is 13.2 Å². The summed E-state index contributed by atoms with van der Waals surface area (Å²) in [6.45, 7) is 2.12. The fourth-order valence-electron chi connectivity index (χ4n) is 6.78. The van der Waals surface area contributed by atoms with Gasteiger partial charge < -0.3 is 34.8 Å². The predicted octanol–water partition coefficient (Wildman–Crippen LogP) is 2.83. The fourth-order valence-corrected chi connectivity index (χ4v) is 7.25. The summed E-state index contributed by atoms with van der Waals surface area (Å²) in [6, 6.07) is 6.14. The van der Waals surface area contributed by atoms with Gasteiger partial charge in [-0.1, -0.05) is 12.1 Å². The average molecular weight is 676 g/mol. The summed E-state index contributed by atoms with van der Waals surface area (Å²) in [7, 11) is -5.82. The Morgan fingerprint density at radius 1 is 1.00 bits per heavy atom.